The summed E-state index contributed by atoms with van der Waals surface area (Å²) >= 11 is 0. The van der Waals surface area contributed by atoms with Gasteiger partial charge in [-0.25, -0.2) is 0 Å². The number of rotatable bonds is 4. The fourth-order valence-corrected chi connectivity index (χ4v) is 2.12. The van der Waals surface area contributed by atoms with Crippen molar-refractivity contribution in [3.05, 3.63) is 0 Å². The van der Waals surface area contributed by atoms with Crippen molar-refractivity contribution in [1.82, 2.24) is 10.2 Å². The lowest BCUT2D eigenvalue weighted by Crippen LogP contribution is -2.63. The van der Waals surface area contributed by atoms with Gasteiger partial charge in [0.25, 0.3) is 0 Å². The van der Waals surface area contributed by atoms with Gasteiger partial charge in [-0.05, 0) is 13.3 Å². The zero-order valence-electron chi connectivity index (χ0n) is 9.05. The first kappa shape index (κ1) is 11.5. The fraction of sp³-hybridized carbons (Fsp3) is 0.900. The minimum Gasteiger partial charge on any atom is -0.395 e. The number of carbonyl (C=O) groups is 1. The number of aliphatic hydroxyl groups excluding tert-OH is 1. The summed E-state index contributed by atoms with van der Waals surface area (Å²) in [5.74, 6) is 0.0963. The van der Waals surface area contributed by atoms with Crippen molar-refractivity contribution in [2.24, 2.45) is 0 Å². The molecule has 1 heterocycles. The molecule has 82 valence electrons. The van der Waals surface area contributed by atoms with Crippen LogP contribution in [0.3, 0.4) is 0 Å². The lowest BCUT2D eigenvalue weighted by Gasteiger charge is -2.43. The number of amides is 1. The molecule has 1 aliphatic heterocycles. The summed E-state index contributed by atoms with van der Waals surface area (Å²) in [6.07, 6.45) is 1.82. The van der Waals surface area contributed by atoms with Gasteiger partial charge in [-0.3, -0.25) is 9.69 Å². The van der Waals surface area contributed by atoms with Crippen LogP contribution in [0.1, 0.15) is 26.7 Å². The number of aliphatic hydroxyl groups is 1. The number of piperazine rings is 1. The average molecular weight is 200 g/mol. The first-order valence-electron chi connectivity index (χ1n) is 5.29. The Morgan fingerprint density at radius 3 is 2.93 bits per heavy atom. The van der Waals surface area contributed by atoms with Crippen LogP contribution < -0.4 is 5.32 Å². The topological polar surface area (TPSA) is 52.6 Å². The summed E-state index contributed by atoms with van der Waals surface area (Å²) in [4.78, 5) is 13.8. The number of hydrogen-bond acceptors (Lipinski definition) is 3. The molecule has 0 radical (unpaired) electrons. The van der Waals surface area contributed by atoms with Gasteiger partial charge in [-0.15, -0.1) is 0 Å². The standard InChI is InChI=1S/C10H20N2O2/c1-3-4-10(2)9(14)11-5-6-12(10)7-8-13/h13H,3-8H2,1-2H3,(H,11,14). The monoisotopic (exact) mass is 200 g/mol. The van der Waals surface area contributed by atoms with Crippen LogP contribution in [0.5, 0.6) is 0 Å². The van der Waals surface area contributed by atoms with E-state index >= 15 is 0 Å². The zero-order chi connectivity index (χ0) is 10.6. The van der Waals surface area contributed by atoms with E-state index in [2.05, 4.69) is 17.1 Å². The van der Waals surface area contributed by atoms with Crippen molar-refractivity contribution >= 4 is 5.91 Å². The van der Waals surface area contributed by atoms with Crippen LogP contribution in [-0.2, 0) is 4.79 Å². The summed E-state index contributed by atoms with van der Waals surface area (Å²) in [5, 5.41) is 11.8. The number of nitrogens with one attached hydrogen (secondary N) is 1. The molecule has 1 fully saturated rings. The van der Waals surface area contributed by atoms with E-state index in [1.807, 2.05) is 6.92 Å². The minimum absolute atomic E-state index is 0.0963. The maximum Gasteiger partial charge on any atom is 0.240 e. The summed E-state index contributed by atoms with van der Waals surface area (Å²) in [7, 11) is 0. The van der Waals surface area contributed by atoms with Crippen molar-refractivity contribution in [2.45, 2.75) is 32.2 Å². The van der Waals surface area contributed by atoms with Gasteiger partial charge >= 0.3 is 0 Å². The van der Waals surface area contributed by atoms with E-state index in [9.17, 15) is 4.79 Å². The molecule has 0 aliphatic carbocycles. The van der Waals surface area contributed by atoms with Crippen molar-refractivity contribution in [1.29, 1.82) is 0 Å². The summed E-state index contributed by atoms with van der Waals surface area (Å²) in [5.41, 5.74) is -0.421. The number of hydrogen-bond donors (Lipinski definition) is 2. The van der Waals surface area contributed by atoms with Gasteiger partial charge in [0.15, 0.2) is 0 Å². The molecule has 4 heteroatoms. The fourth-order valence-electron chi connectivity index (χ4n) is 2.12. The summed E-state index contributed by atoms with van der Waals surface area (Å²) in [6, 6.07) is 0. The van der Waals surface area contributed by atoms with E-state index in [1.165, 1.54) is 0 Å². The third-order valence-electron chi connectivity index (χ3n) is 2.96. The van der Waals surface area contributed by atoms with Gasteiger partial charge in [0.2, 0.25) is 5.91 Å². The predicted octanol–water partition coefficient (Wildman–Crippen LogP) is -0.0307. The molecule has 1 amide bonds. The van der Waals surface area contributed by atoms with E-state index in [0.717, 1.165) is 19.4 Å². The molecule has 0 aromatic heterocycles. The van der Waals surface area contributed by atoms with Crippen molar-refractivity contribution in [3.63, 3.8) is 0 Å². The molecule has 2 N–H and O–H groups in total. The molecule has 0 spiro atoms. The third-order valence-corrected chi connectivity index (χ3v) is 2.96. The Morgan fingerprint density at radius 2 is 2.36 bits per heavy atom. The molecule has 0 bridgehead atoms. The van der Waals surface area contributed by atoms with Crippen LogP contribution in [0.2, 0.25) is 0 Å². The predicted molar refractivity (Wildman–Crippen MR) is 55.0 cm³/mol. The van der Waals surface area contributed by atoms with Gasteiger partial charge in [0.05, 0.1) is 12.1 Å². The van der Waals surface area contributed by atoms with Gasteiger partial charge in [0, 0.05) is 19.6 Å². The second kappa shape index (κ2) is 4.75. The van der Waals surface area contributed by atoms with E-state index in [1.54, 1.807) is 0 Å². The van der Waals surface area contributed by atoms with Crippen molar-refractivity contribution < 1.29 is 9.90 Å². The molecular weight excluding hydrogens is 180 g/mol. The van der Waals surface area contributed by atoms with Gasteiger partial charge < -0.3 is 10.4 Å². The quantitative estimate of drug-likeness (QED) is 0.670. The average Bonchev–Trinajstić information content (AvgIpc) is 2.14. The Hall–Kier alpha value is -0.610. The Bertz CT molecular complexity index is 206. The molecule has 0 aromatic carbocycles. The highest BCUT2D eigenvalue weighted by Gasteiger charge is 2.40. The SMILES string of the molecule is CCCC1(C)C(=O)NCCN1CCO. The molecule has 1 atom stereocenters. The third kappa shape index (κ3) is 2.07. The second-order valence-electron chi connectivity index (χ2n) is 3.99. The molecule has 1 aliphatic rings. The maximum absolute atomic E-state index is 11.8. The molecule has 14 heavy (non-hydrogen) atoms. The second-order valence-corrected chi connectivity index (χ2v) is 3.99. The van der Waals surface area contributed by atoms with Crippen molar-refractivity contribution in [2.75, 3.05) is 26.2 Å². The molecule has 0 aromatic rings. The van der Waals surface area contributed by atoms with Gasteiger partial charge in [-0.2, -0.15) is 0 Å². The Balaban J connectivity index is 2.74. The van der Waals surface area contributed by atoms with E-state index in [-0.39, 0.29) is 12.5 Å². The lowest BCUT2D eigenvalue weighted by atomic mass is 9.91. The molecule has 0 saturated carbocycles. The van der Waals surface area contributed by atoms with Crippen LogP contribution in [0.15, 0.2) is 0 Å². The lowest BCUT2D eigenvalue weighted by molar-refractivity contribution is -0.137. The summed E-state index contributed by atoms with van der Waals surface area (Å²) in [6.45, 7) is 6.27. The van der Waals surface area contributed by atoms with Gasteiger partial charge in [-0.1, -0.05) is 13.3 Å². The van der Waals surface area contributed by atoms with E-state index in [4.69, 9.17) is 5.11 Å². The molecular formula is C10H20N2O2. The van der Waals surface area contributed by atoms with Crippen LogP contribution in [0, 0.1) is 0 Å². The highest BCUT2D eigenvalue weighted by Crippen LogP contribution is 2.23. The first-order valence-corrected chi connectivity index (χ1v) is 5.29. The van der Waals surface area contributed by atoms with Crippen molar-refractivity contribution in [3.8, 4) is 0 Å². The van der Waals surface area contributed by atoms with E-state index < -0.39 is 5.54 Å². The Morgan fingerprint density at radius 1 is 1.64 bits per heavy atom. The van der Waals surface area contributed by atoms with Crippen LogP contribution in [-0.4, -0.2) is 47.7 Å². The number of nitrogens with zero attached hydrogens (tertiary/aromatic N) is 1. The zero-order valence-corrected chi connectivity index (χ0v) is 9.05. The maximum atomic E-state index is 11.8. The van der Waals surface area contributed by atoms with Gasteiger partial charge in [0.1, 0.15) is 0 Å². The molecule has 1 saturated heterocycles. The molecule has 4 nitrogen and oxygen atoms in total. The Kier molecular flexibility index (Phi) is 3.89. The highest BCUT2D eigenvalue weighted by molar-refractivity contribution is 5.86. The first-order chi connectivity index (χ1) is 6.65. The number of β-amino-alcohol motifs (C(OH)–C–C–N with tert-alkyl or cyclic N) is 1. The van der Waals surface area contributed by atoms with Crippen LogP contribution >= 0.6 is 0 Å². The minimum atomic E-state index is -0.421. The largest absolute Gasteiger partial charge is 0.395 e. The van der Waals surface area contributed by atoms with Crippen LogP contribution in [0.25, 0.3) is 0 Å². The highest BCUT2D eigenvalue weighted by atomic mass is 16.3. The summed E-state index contributed by atoms with van der Waals surface area (Å²) < 4.78 is 0. The normalized spacial score (nSPS) is 28.9. The van der Waals surface area contributed by atoms with E-state index in [0.29, 0.717) is 13.1 Å². The Labute approximate surface area is 85.3 Å². The van der Waals surface area contributed by atoms with Crippen LogP contribution in [0.4, 0.5) is 0 Å². The molecule has 1 unspecified atom stereocenters. The number of carbonyl (C=O) groups excluding carboxylic acids is 1. The molecule has 1 rings (SSSR count). The smallest absolute Gasteiger partial charge is 0.240 e.